The summed E-state index contributed by atoms with van der Waals surface area (Å²) in [5, 5.41) is 11.3. The number of nitrogens with zero attached hydrogens (tertiary/aromatic N) is 1. The number of aryl methyl sites for hydroxylation is 1. The number of benzene rings is 2. The van der Waals surface area contributed by atoms with Crippen molar-refractivity contribution >= 4 is 23.0 Å². The lowest BCUT2D eigenvalue weighted by Gasteiger charge is -2.22. The monoisotopic (exact) mass is 560 g/mol. The number of rotatable bonds is 11. The first-order valence-corrected chi connectivity index (χ1v) is 13.7. The Balaban J connectivity index is 1.37. The van der Waals surface area contributed by atoms with Crippen LogP contribution in [0.5, 0.6) is 5.75 Å². The quantitative estimate of drug-likeness (QED) is 0.225. The van der Waals surface area contributed by atoms with Crippen molar-refractivity contribution in [2.45, 2.75) is 39.0 Å². The first kappa shape index (κ1) is 28.6. The van der Waals surface area contributed by atoms with Crippen molar-refractivity contribution in [2.24, 2.45) is 11.1 Å². The van der Waals surface area contributed by atoms with Gasteiger partial charge in [-0.05, 0) is 89.5 Å². The molecule has 1 aliphatic heterocycles. The Morgan fingerprint density at radius 3 is 2.54 bits per heavy atom. The van der Waals surface area contributed by atoms with Crippen LogP contribution in [0.2, 0.25) is 0 Å². The van der Waals surface area contributed by atoms with Crippen LogP contribution in [0.4, 0.5) is 13.2 Å². The fourth-order valence-electron chi connectivity index (χ4n) is 4.14. The minimum Gasteiger partial charge on any atom is -0.484 e. The van der Waals surface area contributed by atoms with Gasteiger partial charge in [-0.15, -0.1) is 0 Å². The molecule has 39 heavy (non-hydrogen) atoms. The Morgan fingerprint density at radius 1 is 1.10 bits per heavy atom. The second-order valence-electron chi connectivity index (χ2n) is 9.44. The van der Waals surface area contributed by atoms with Crippen molar-refractivity contribution in [1.82, 2.24) is 5.32 Å². The van der Waals surface area contributed by atoms with Crippen LogP contribution in [-0.2, 0) is 33.6 Å². The van der Waals surface area contributed by atoms with Crippen molar-refractivity contribution in [2.75, 3.05) is 26.4 Å². The summed E-state index contributed by atoms with van der Waals surface area (Å²) in [6, 6.07) is 12.4. The van der Waals surface area contributed by atoms with E-state index in [4.69, 9.17) is 14.3 Å². The molecule has 1 aliphatic rings. The molecule has 1 amide bonds. The number of hydrogen-bond donors (Lipinski definition) is 1. The van der Waals surface area contributed by atoms with Gasteiger partial charge in [0.1, 0.15) is 12.4 Å². The molecule has 0 saturated carbocycles. The zero-order valence-corrected chi connectivity index (χ0v) is 22.4. The average molecular weight is 561 g/mol. The van der Waals surface area contributed by atoms with E-state index in [9.17, 15) is 18.0 Å². The lowest BCUT2D eigenvalue weighted by Crippen LogP contribution is -2.35. The number of oxime groups is 1. The lowest BCUT2D eigenvalue weighted by molar-refractivity contribution is -0.137. The maximum absolute atomic E-state index is 12.8. The summed E-state index contributed by atoms with van der Waals surface area (Å²) in [7, 11) is 0. The van der Waals surface area contributed by atoms with Gasteiger partial charge in [0.2, 0.25) is 0 Å². The van der Waals surface area contributed by atoms with Gasteiger partial charge in [-0.3, -0.25) is 4.79 Å². The Bertz CT molecular complexity index is 1240. The van der Waals surface area contributed by atoms with Crippen LogP contribution in [0.1, 0.15) is 40.7 Å². The molecule has 0 bridgehead atoms. The van der Waals surface area contributed by atoms with E-state index in [-0.39, 0.29) is 19.1 Å². The van der Waals surface area contributed by atoms with Gasteiger partial charge in [0.15, 0.2) is 6.61 Å². The van der Waals surface area contributed by atoms with E-state index in [1.54, 1.807) is 17.4 Å². The molecule has 0 spiro atoms. The van der Waals surface area contributed by atoms with Gasteiger partial charge in [0, 0.05) is 31.7 Å². The maximum Gasteiger partial charge on any atom is 0.416 e. The summed E-state index contributed by atoms with van der Waals surface area (Å²) < 4.78 is 49.6. The molecule has 0 atom stereocenters. The van der Waals surface area contributed by atoms with Crippen LogP contribution in [0.3, 0.4) is 0 Å². The molecule has 4 rings (SSSR count). The Morgan fingerprint density at radius 2 is 1.87 bits per heavy atom. The fraction of sp³-hybridized carbons (Fsp3) is 0.379. The van der Waals surface area contributed by atoms with Crippen LogP contribution in [0.25, 0.3) is 0 Å². The summed E-state index contributed by atoms with van der Waals surface area (Å²) in [6.45, 7) is 3.95. The van der Waals surface area contributed by atoms with E-state index < -0.39 is 11.7 Å². The fourth-order valence-corrected chi connectivity index (χ4v) is 4.81. The van der Waals surface area contributed by atoms with Gasteiger partial charge in [-0.25, -0.2) is 0 Å². The number of nitrogens with one attached hydrogen (secondary N) is 1. The Labute approximate surface area is 229 Å². The normalized spacial score (nSPS) is 14.7. The standard InChI is InChI=1S/C29H31F3N2O4S/c1-20-14-24(4-7-27(20)37-18-28(35)33-16-21-8-11-36-12-9-21)26(15-23-10-13-39-19-23)34-38-17-22-2-5-25(6-3-22)29(30,31)32/h2-7,10,13-14,19,21H,8-9,11-12,15-18H2,1H3,(H,33,35)/b34-26+. The van der Waals surface area contributed by atoms with E-state index in [2.05, 4.69) is 10.5 Å². The number of thiophene rings is 1. The molecule has 6 nitrogen and oxygen atoms in total. The molecular weight excluding hydrogens is 529 g/mol. The summed E-state index contributed by atoms with van der Waals surface area (Å²) in [5.74, 6) is 0.869. The molecule has 2 aromatic carbocycles. The minimum atomic E-state index is -4.38. The number of ether oxygens (including phenoxy) is 2. The number of carbonyl (C=O) groups is 1. The number of carbonyl (C=O) groups excluding carboxylic acids is 1. The third-order valence-corrected chi connectivity index (χ3v) is 7.17. The predicted molar refractivity (Wildman–Crippen MR) is 144 cm³/mol. The molecule has 0 radical (unpaired) electrons. The van der Waals surface area contributed by atoms with E-state index >= 15 is 0 Å². The third-order valence-electron chi connectivity index (χ3n) is 6.43. The highest BCUT2D eigenvalue weighted by molar-refractivity contribution is 7.08. The summed E-state index contributed by atoms with van der Waals surface area (Å²) in [6.07, 6.45) is -1.96. The van der Waals surface area contributed by atoms with Crippen molar-refractivity contribution in [3.05, 3.63) is 87.1 Å². The molecule has 208 valence electrons. The molecule has 1 fully saturated rings. The molecule has 0 aliphatic carbocycles. The van der Waals surface area contributed by atoms with E-state index in [1.165, 1.54) is 12.1 Å². The van der Waals surface area contributed by atoms with Gasteiger partial charge >= 0.3 is 6.18 Å². The van der Waals surface area contributed by atoms with Crippen LogP contribution in [0.15, 0.2) is 64.4 Å². The SMILES string of the molecule is Cc1cc(/C(Cc2ccsc2)=N/OCc2ccc(C(F)(F)F)cc2)ccc1OCC(=O)NCC1CCOCC1. The molecular formula is C29H31F3N2O4S. The highest BCUT2D eigenvalue weighted by atomic mass is 32.1. The topological polar surface area (TPSA) is 69.2 Å². The van der Waals surface area contributed by atoms with Crippen molar-refractivity contribution in [3.63, 3.8) is 0 Å². The molecule has 1 saturated heterocycles. The number of halogens is 3. The van der Waals surface area contributed by atoms with Crippen molar-refractivity contribution < 1.29 is 32.3 Å². The smallest absolute Gasteiger partial charge is 0.416 e. The van der Waals surface area contributed by atoms with Crippen LogP contribution >= 0.6 is 11.3 Å². The van der Waals surface area contributed by atoms with Crippen LogP contribution < -0.4 is 10.1 Å². The minimum absolute atomic E-state index is 0.0362. The molecule has 2 heterocycles. The lowest BCUT2D eigenvalue weighted by atomic mass is 10.0. The van der Waals surface area contributed by atoms with Gasteiger partial charge in [-0.2, -0.15) is 24.5 Å². The van der Waals surface area contributed by atoms with E-state index in [1.807, 2.05) is 35.9 Å². The van der Waals surface area contributed by atoms with Gasteiger partial charge in [-0.1, -0.05) is 17.3 Å². The maximum atomic E-state index is 12.8. The Hall–Kier alpha value is -3.37. The number of alkyl halides is 3. The predicted octanol–water partition coefficient (Wildman–Crippen LogP) is 6.16. The van der Waals surface area contributed by atoms with E-state index in [0.29, 0.717) is 35.9 Å². The number of amides is 1. The summed E-state index contributed by atoms with van der Waals surface area (Å²) in [5.41, 5.74) is 3.27. The van der Waals surface area contributed by atoms with E-state index in [0.717, 1.165) is 54.9 Å². The summed E-state index contributed by atoms with van der Waals surface area (Å²) >= 11 is 1.58. The second-order valence-corrected chi connectivity index (χ2v) is 10.2. The highest BCUT2D eigenvalue weighted by Gasteiger charge is 2.29. The van der Waals surface area contributed by atoms with Gasteiger partial charge < -0.3 is 19.6 Å². The average Bonchev–Trinajstić information content (AvgIpc) is 3.44. The molecule has 10 heteroatoms. The van der Waals surface area contributed by atoms with Gasteiger partial charge in [0.25, 0.3) is 5.91 Å². The van der Waals surface area contributed by atoms with Crippen LogP contribution in [0, 0.1) is 12.8 Å². The zero-order chi connectivity index (χ0) is 27.7. The Kier molecular flexibility index (Phi) is 10.00. The highest BCUT2D eigenvalue weighted by Crippen LogP contribution is 2.29. The number of hydrogen-bond acceptors (Lipinski definition) is 6. The molecule has 0 unspecified atom stereocenters. The zero-order valence-electron chi connectivity index (χ0n) is 21.6. The van der Waals surface area contributed by atoms with Crippen molar-refractivity contribution in [3.8, 4) is 5.75 Å². The largest absolute Gasteiger partial charge is 0.484 e. The van der Waals surface area contributed by atoms with Crippen LogP contribution in [-0.4, -0.2) is 38.0 Å². The first-order valence-electron chi connectivity index (χ1n) is 12.7. The molecule has 1 N–H and O–H groups in total. The first-order chi connectivity index (χ1) is 18.8. The second kappa shape index (κ2) is 13.6. The van der Waals surface area contributed by atoms with Crippen molar-refractivity contribution in [1.29, 1.82) is 0 Å². The molecule has 1 aromatic heterocycles. The molecule has 3 aromatic rings. The third kappa shape index (κ3) is 8.83. The summed E-state index contributed by atoms with van der Waals surface area (Å²) in [4.78, 5) is 17.8. The van der Waals surface area contributed by atoms with Gasteiger partial charge in [0.05, 0.1) is 11.3 Å².